The molecule has 9 heteroatoms. The molecule has 29 heavy (non-hydrogen) atoms. The summed E-state index contributed by atoms with van der Waals surface area (Å²) in [6.07, 6.45) is -3.21. The molecule has 5 rings (SSSR count). The number of rotatable bonds is 3. The standard InChI is InChI=1S/C20H13F4N3OS/c21-13-5-3-12(8-16(13)28-20(22,23)24)19-18(15-2-1-7-27(15)26-19)11-4-6-14-17(9-11)29-10-25-14/h3-6,8-10H,1-2,7H2. The third-order valence-electron chi connectivity index (χ3n) is 4.89. The van der Waals surface area contributed by atoms with Crippen molar-refractivity contribution in [2.45, 2.75) is 25.7 Å². The minimum absolute atomic E-state index is 0.368. The summed E-state index contributed by atoms with van der Waals surface area (Å²) in [5.74, 6) is -1.95. The Balaban J connectivity index is 1.68. The van der Waals surface area contributed by atoms with E-state index in [9.17, 15) is 17.6 Å². The van der Waals surface area contributed by atoms with E-state index < -0.39 is 17.9 Å². The van der Waals surface area contributed by atoms with E-state index >= 15 is 0 Å². The fourth-order valence-electron chi connectivity index (χ4n) is 3.70. The van der Waals surface area contributed by atoms with Crippen LogP contribution in [0.4, 0.5) is 17.6 Å². The van der Waals surface area contributed by atoms with Crippen LogP contribution in [0, 0.1) is 5.82 Å². The van der Waals surface area contributed by atoms with Gasteiger partial charge in [-0.1, -0.05) is 6.07 Å². The van der Waals surface area contributed by atoms with Gasteiger partial charge in [0.2, 0.25) is 0 Å². The van der Waals surface area contributed by atoms with Gasteiger partial charge in [0, 0.05) is 23.4 Å². The second-order valence-electron chi connectivity index (χ2n) is 6.72. The fourth-order valence-corrected chi connectivity index (χ4v) is 4.42. The first-order chi connectivity index (χ1) is 13.9. The summed E-state index contributed by atoms with van der Waals surface area (Å²) in [6, 6.07) is 9.28. The topological polar surface area (TPSA) is 39.9 Å². The maximum atomic E-state index is 13.9. The second kappa shape index (κ2) is 6.55. The maximum absolute atomic E-state index is 13.9. The Morgan fingerprint density at radius 1 is 1.07 bits per heavy atom. The molecule has 2 aromatic heterocycles. The molecular formula is C20H13F4N3OS. The minimum atomic E-state index is -4.98. The summed E-state index contributed by atoms with van der Waals surface area (Å²) < 4.78 is 58.5. The molecule has 0 amide bonds. The molecule has 148 valence electrons. The van der Waals surface area contributed by atoms with E-state index in [0.29, 0.717) is 11.3 Å². The van der Waals surface area contributed by atoms with Crippen LogP contribution in [0.15, 0.2) is 41.9 Å². The van der Waals surface area contributed by atoms with Gasteiger partial charge in [0.15, 0.2) is 11.6 Å². The predicted octanol–water partition coefficient (Wildman–Crippen LogP) is 5.81. The number of aryl methyl sites for hydroxylation is 1. The molecule has 0 saturated heterocycles. The average Bonchev–Trinajstić information content (AvgIpc) is 3.36. The highest BCUT2D eigenvalue weighted by Crippen LogP contribution is 2.40. The zero-order chi connectivity index (χ0) is 20.2. The number of ether oxygens (including phenoxy) is 1. The Kier molecular flexibility index (Phi) is 4.09. The number of fused-ring (bicyclic) bond motifs is 2. The highest BCUT2D eigenvalue weighted by molar-refractivity contribution is 7.16. The number of thiazole rings is 1. The molecule has 4 nitrogen and oxygen atoms in total. The number of hydrogen-bond acceptors (Lipinski definition) is 4. The zero-order valence-corrected chi connectivity index (χ0v) is 15.6. The van der Waals surface area contributed by atoms with Crippen LogP contribution in [0.2, 0.25) is 0 Å². The Bertz CT molecular complexity index is 1230. The van der Waals surface area contributed by atoms with Crippen molar-refractivity contribution in [2.24, 2.45) is 0 Å². The van der Waals surface area contributed by atoms with Crippen LogP contribution in [-0.2, 0) is 13.0 Å². The van der Waals surface area contributed by atoms with Crippen LogP contribution in [0.25, 0.3) is 32.6 Å². The Morgan fingerprint density at radius 3 is 2.72 bits per heavy atom. The van der Waals surface area contributed by atoms with Gasteiger partial charge < -0.3 is 4.74 Å². The monoisotopic (exact) mass is 419 g/mol. The van der Waals surface area contributed by atoms with Crippen LogP contribution < -0.4 is 4.74 Å². The molecule has 0 radical (unpaired) electrons. The molecule has 0 atom stereocenters. The van der Waals surface area contributed by atoms with Crippen LogP contribution in [-0.4, -0.2) is 21.1 Å². The Labute approximate surface area is 166 Å². The Hall–Kier alpha value is -2.94. The summed E-state index contributed by atoms with van der Waals surface area (Å²) in [6.45, 7) is 0.734. The van der Waals surface area contributed by atoms with Gasteiger partial charge in [-0.15, -0.1) is 24.5 Å². The van der Waals surface area contributed by atoms with E-state index in [1.807, 2.05) is 22.9 Å². The quantitative estimate of drug-likeness (QED) is 0.394. The van der Waals surface area contributed by atoms with Gasteiger partial charge in [-0.05, 0) is 48.7 Å². The molecule has 0 unspecified atom stereocenters. The van der Waals surface area contributed by atoms with Crippen molar-refractivity contribution < 1.29 is 22.3 Å². The third kappa shape index (κ3) is 3.25. The van der Waals surface area contributed by atoms with Gasteiger partial charge in [0.05, 0.1) is 15.7 Å². The first kappa shape index (κ1) is 18.1. The van der Waals surface area contributed by atoms with Crippen LogP contribution in [0.5, 0.6) is 5.75 Å². The first-order valence-electron chi connectivity index (χ1n) is 8.88. The average molecular weight is 419 g/mol. The van der Waals surface area contributed by atoms with E-state index in [1.165, 1.54) is 17.4 Å². The van der Waals surface area contributed by atoms with E-state index in [1.54, 1.807) is 5.51 Å². The Morgan fingerprint density at radius 2 is 1.90 bits per heavy atom. The van der Waals surface area contributed by atoms with Crippen molar-refractivity contribution in [1.29, 1.82) is 0 Å². The van der Waals surface area contributed by atoms with Gasteiger partial charge in [-0.3, -0.25) is 4.68 Å². The smallest absolute Gasteiger partial charge is 0.403 e. The van der Waals surface area contributed by atoms with Crippen molar-refractivity contribution in [3.05, 3.63) is 53.4 Å². The van der Waals surface area contributed by atoms with Gasteiger partial charge in [-0.25, -0.2) is 9.37 Å². The van der Waals surface area contributed by atoms with E-state index in [0.717, 1.165) is 58.6 Å². The lowest BCUT2D eigenvalue weighted by Gasteiger charge is -2.11. The number of alkyl halides is 3. The molecule has 3 heterocycles. The number of nitrogens with zero attached hydrogens (tertiary/aromatic N) is 3. The van der Waals surface area contributed by atoms with Crippen molar-refractivity contribution in [1.82, 2.24) is 14.8 Å². The van der Waals surface area contributed by atoms with E-state index in [-0.39, 0.29) is 0 Å². The van der Waals surface area contributed by atoms with Crippen molar-refractivity contribution in [3.63, 3.8) is 0 Å². The molecule has 0 aliphatic carbocycles. The van der Waals surface area contributed by atoms with Gasteiger partial charge >= 0.3 is 6.36 Å². The van der Waals surface area contributed by atoms with Crippen LogP contribution in [0.3, 0.4) is 0 Å². The summed E-state index contributed by atoms with van der Waals surface area (Å²) in [4.78, 5) is 4.28. The summed E-state index contributed by atoms with van der Waals surface area (Å²) in [5, 5.41) is 4.62. The fraction of sp³-hybridized carbons (Fsp3) is 0.200. The molecular weight excluding hydrogens is 406 g/mol. The molecule has 4 aromatic rings. The van der Waals surface area contributed by atoms with Gasteiger partial charge in [0.1, 0.15) is 5.69 Å². The molecule has 0 bridgehead atoms. The largest absolute Gasteiger partial charge is 0.573 e. The van der Waals surface area contributed by atoms with E-state index in [2.05, 4.69) is 14.8 Å². The van der Waals surface area contributed by atoms with Gasteiger partial charge in [0.25, 0.3) is 0 Å². The van der Waals surface area contributed by atoms with E-state index in [4.69, 9.17) is 0 Å². The summed E-state index contributed by atoms with van der Waals surface area (Å²) in [5.41, 5.74) is 6.30. The molecule has 2 aromatic carbocycles. The molecule has 0 saturated carbocycles. The molecule has 0 fully saturated rings. The number of benzene rings is 2. The third-order valence-corrected chi connectivity index (χ3v) is 5.68. The highest BCUT2D eigenvalue weighted by Gasteiger charge is 2.33. The summed E-state index contributed by atoms with van der Waals surface area (Å²) in [7, 11) is 0. The molecule has 0 N–H and O–H groups in total. The molecule has 1 aliphatic heterocycles. The van der Waals surface area contributed by atoms with Crippen molar-refractivity contribution in [2.75, 3.05) is 0 Å². The predicted molar refractivity (Wildman–Crippen MR) is 101 cm³/mol. The van der Waals surface area contributed by atoms with Crippen LogP contribution >= 0.6 is 11.3 Å². The number of halogens is 4. The summed E-state index contributed by atoms with van der Waals surface area (Å²) >= 11 is 1.51. The van der Waals surface area contributed by atoms with Crippen molar-refractivity contribution >= 4 is 21.6 Å². The maximum Gasteiger partial charge on any atom is 0.573 e. The molecule has 1 aliphatic rings. The normalized spacial score (nSPS) is 13.8. The zero-order valence-electron chi connectivity index (χ0n) is 14.8. The van der Waals surface area contributed by atoms with Crippen molar-refractivity contribution in [3.8, 4) is 28.1 Å². The van der Waals surface area contributed by atoms with Crippen LogP contribution in [0.1, 0.15) is 12.1 Å². The second-order valence-corrected chi connectivity index (χ2v) is 7.61. The lowest BCUT2D eigenvalue weighted by Crippen LogP contribution is -2.18. The first-order valence-corrected chi connectivity index (χ1v) is 9.76. The molecule has 0 spiro atoms. The minimum Gasteiger partial charge on any atom is -0.403 e. The van der Waals surface area contributed by atoms with Gasteiger partial charge in [-0.2, -0.15) is 5.10 Å². The lowest BCUT2D eigenvalue weighted by molar-refractivity contribution is -0.275. The number of aromatic nitrogens is 3. The SMILES string of the molecule is Fc1ccc(-c2nn3c(c2-c2ccc4ncsc4c2)CCC3)cc1OC(F)(F)F. The number of hydrogen-bond donors (Lipinski definition) is 0. The highest BCUT2D eigenvalue weighted by atomic mass is 32.1. The lowest BCUT2D eigenvalue weighted by atomic mass is 9.97.